The molecule has 5 heteroatoms. The fourth-order valence-corrected chi connectivity index (χ4v) is 2.95. The Morgan fingerprint density at radius 1 is 1.11 bits per heavy atom. The highest BCUT2D eigenvalue weighted by Crippen LogP contribution is 2.39. The quantitative estimate of drug-likeness (QED) is 0.746. The van der Waals surface area contributed by atoms with Gasteiger partial charge in [0.05, 0.1) is 0 Å². The lowest BCUT2D eigenvalue weighted by atomic mass is 9.72. The molecule has 4 nitrogen and oxygen atoms in total. The first-order valence-corrected chi connectivity index (χ1v) is 7.09. The molecule has 0 radical (unpaired) electrons. The summed E-state index contributed by atoms with van der Waals surface area (Å²) >= 11 is 0. The topological polar surface area (TPSA) is 41.6 Å². The molecule has 0 saturated carbocycles. The number of carbonyl (C=O) groups excluding carboxylic acids is 1. The average molecular weight is 291 g/mol. The van der Waals surface area contributed by atoms with E-state index in [0.717, 1.165) is 39.0 Å². The zero-order valence-corrected chi connectivity index (χ0v) is 13.1. The minimum Gasteiger partial charge on any atom is -0.444 e. The van der Waals surface area contributed by atoms with Crippen LogP contribution in [0.2, 0.25) is 0 Å². The van der Waals surface area contributed by atoms with E-state index in [-0.39, 0.29) is 24.1 Å². The number of halogens is 1. The lowest BCUT2D eigenvalue weighted by Gasteiger charge is -2.44. The van der Waals surface area contributed by atoms with Crippen molar-refractivity contribution in [3.05, 3.63) is 0 Å². The molecule has 2 rings (SSSR count). The van der Waals surface area contributed by atoms with Gasteiger partial charge in [-0.1, -0.05) is 0 Å². The summed E-state index contributed by atoms with van der Waals surface area (Å²) < 4.78 is 5.43. The van der Waals surface area contributed by atoms with Crippen molar-refractivity contribution in [3.8, 4) is 0 Å². The van der Waals surface area contributed by atoms with E-state index in [1.165, 1.54) is 12.8 Å². The molecule has 0 aromatic rings. The van der Waals surface area contributed by atoms with Crippen LogP contribution in [0.4, 0.5) is 4.79 Å². The predicted octanol–water partition coefficient (Wildman–Crippen LogP) is 2.81. The fourth-order valence-electron chi connectivity index (χ4n) is 2.95. The van der Waals surface area contributed by atoms with Crippen molar-refractivity contribution in [1.82, 2.24) is 10.2 Å². The van der Waals surface area contributed by atoms with Crippen molar-refractivity contribution in [2.24, 2.45) is 5.41 Å². The molecule has 1 spiro atoms. The largest absolute Gasteiger partial charge is 0.444 e. The van der Waals surface area contributed by atoms with E-state index in [2.05, 4.69) is 5.32 Å². The van der Waals surface area contributed by atoms with Gasteiger partial charge in [0.25, 0.3) is 0 Å². The minimum absolute atomic E-state index is 0. The first kappa shape index (κ1) is 16.6. The Bertz CT molecular complexity index is 299. The van der Waals surface area contributed by atoms with Gasteiger partial charge in [-0.2, -0.15) is 0 Å². The molecule has 0 bridgehead atoms. The Morgan fingerprint density at radius 2 is 1.63 bits per heavy atom. The standard InChI is InChI=1S/C14H26N2O2.ClH/c1-13(2,3)18-12(17)16-10-6-14(7-11-16)4-8-15-9-5-14;/h15H,4-11H2,1-3H3;1H. The Balaban J connectivity index is 0.00000180. The van der Waals surface area contributed by atoms with Gasteiger partial charge >= 0.3 is 6.09 Å². The third kappa shape index (κ3) is 4.53. The Morgan fingerprint density at radius 3 is 2.11 bits per heavy atom. The molecule has 0 aromatic carbocycles. The summed E-state index contributed by atoms with van der Waals surface area (Å²) in [7, 11) is 0. The van der Waals surface area contributed by atoms with Gasteiger partial charge in [0.1, 0.15) is 5.60 Å². The van der Waals surface area contributed by atoms with Gasteiger partial charge in [0.15, 0.2) is 0 Å². The molecule has 0 aliphatic carbocycles. The van der Waals surface area contributed by atoms with Crippen LogP contribution < -0.4 is 5.32 Å². The van der Waals surface area contributed by atoms with Crippen molar-refractivity contribution in [2.45, 2.75) is 52.1 Å². The number of likely N-dealkylation sites (tertiary alicyclic amines) is 1. The highest BCUT2D eigenvalue weighted by Gasteiger charge is 2.37. The molecule has 0 aromatic heterocycles. The highest BCUT2D eigenvalue weighted by molar-refractivity contribution is 5.85. The van der Waals surface area contributed by atoms with E-state index in [1.54, 1.807) is 0 Å². The molecule has 2 fully saturated rings. The molecule has 19 heavy (non-hydrogen) atoms. The number of hydrogen-bond donors (Lipinski definition) is 1. The van der Waals surface area contributed by atoms with Crippen molar-refractivity contribution in [3.63, 3.8) is 0 Å². The second kappa shape index (κ2) is 6.31. The van der Waals surface area contributed by atoms with Gasteiger partial charge in [-0.3, -0.25) is 0 Å². The SMILES string of the molecule is CC(C)(C)OC(=O)N1CCC2(CCNCC2)CC1.Cl. The summed E-state index contributed by atoms with van der Waals surface area (Å²) in [5.41, 5.74) is 0.102. The van der Waals surface area contributed by atoms with Crippen molar-refractivity contribution in [1.29, 1.82) is 0 Å². The first-order chi connectivity index (χ1) is 8.40. The van der Waals surface area contributed by atoms with Crippen LogP contribution in [0.15, 0.2) is 0 Å². The normalized spacial score (nSPS) is 22.8. The molecule has 0 unspecified atom stereocenters. The van der Waals surface area contributed by atoms with Crippen LogP contribution >= 0.6 is 12.4 Å². The number of nitrogens with zero attached hydrogens (tertiary/aromatic N) is 1. The van der Waals surface area contributed by atoms with E-state index in [1.807, 2.05) is 25.7 Å². The van der Waals surface area contributed by atoms with E-state index in [4.69, 9.17) is 4.74 Å². The maximum absolute atomic E-state index is 12.0. The third-order valence-corrected chi connectivity index (χ3v) is 4.14. The zero-order valence-electron chi connectivity index (χ0n) is 12.3. The Hall–Kier alpha value is -0.480. The lowest BCUT2D eigenvalue weighted by molar-refractivity contribution is 0.00573. The summed E-state index contributed by atoms with van der Waals surface area (Å²) in [6.45, 7) is 9.73. The molecule has 1 N–H and O–H groups in total. The molecule has 112 valence electrons. The number of carbonyl (C=O) groups is 1. The number of rotatable bonds is 0. The molecular weight excluding hydrogens is 264 g/mol. The maximum Gasteiger partial charge on any atom is 0.410 e. The van der Waals surface area contributed by atoms with Crippen molar-refractivity contribution in [2.75, 3.05) is 26.2 Å². The van der Waals surface area contributed by atoms with Crippen LogP contribution in [0.3, 0.4) is 0 Å². The summed E-state index contributed by atoms with van der Waals surface area (Å²) in [6, 6.07) is 0. The molecule has 0 atom stereocenters. The monoisotopic (exact) mass is 290 g/mol. The van der Waals surface area contributed by atoms with Crippen LogP contribution in [0.1, 0.15) is 46.5 Å². The zero-order chi connectivity index (χ0) is 13.2. The second-order valence-corrected chi connectivity index (χ2v) is 6.72. The van der Waals surface area contributed by atoms with Crippen molar-refractivity contribution >= 4 is 18.5 Å². The van der Waals surface area contributed by atoms with Crippen LogP contribution in [0.25, 0.3) is 0 Å². The van der Waals surface area contributed by atoms with Crippen LogP contribution in [-0.2, 0) is 4.74 Å². The summed E-state index contributed by atoms with van der Waals surface area (Å²) in [5, 5.41) is 3.42. The van der Waals surface area contributed by atoms with Gasteiger partial charge in [-0.25, -0.2) is 4.79 Å². The van der Waals surface area contributed by atoms with Gasteiger partial charge < -0.3 is 15.0 Å². The van der Waals surface area contributed by atoms with E-state index >= 15 is 0 Å². The summed E-state index contributed by atoms with van der Waals surface area (Å²) in [6.07, 6.45) is 4.64. The van der Waals surface area contributed by atoms with E-state index in [0.29, 0.717) is 5.41 Å². The van der Waals surface area contributed by atoms with Crippen LogP contribution in [0.5, 0.6) is 0 Å². The van der Waals surface area contributed by atoms with E-state index in [9.17, 15) is 4.79 Å². The molecule has 2 heterocycles. The lowest BCUT2D eigenvalue weighted by Crippen LogP contribution is -2.48. The average Bonchev–Trinajstić information content (AvgIpc) is 2.28. The molecule has 2 saturated heterocycles. The fraction of sp³-hybridized carbons (Fsp3) is 0.929. The summed E-state index contributed by atoms with van der Waals surface area (Å²) in [4.78, 5) is 13.8. The Kier molecular flexibility index (Phi) is 5.51. The smallest absolute Gasteiger partial charge is 0.410 e. The van der Waals surface area contributed by atoms with Crippen molar-refractivity contribution < 1.29 is 9.53 Å². The molecule has 1 amide bonds. The molecular formula is C14H27ClN2O2. The Labute approximate surface area is 122 Å². The number of ether oxygens (including phenoxy) is 1. The summed E-state index contributed by atoms with van der Waals surface area (Å²) in [5.74, 6) is 0. The molecule has 2 aliphatic heterocycles. The second-order valence-electron chi connectivity index (χ2n) is 6.72. The van der Waals surface area contributed by atoms with Gasteiger partial charge in [-0.15, -0.1) is 12.4 Å². The highest BCUT2D eigenvalue weighted by atomic mass is 35.5. The third-order valence-electron chi connectivity index (χ3n) is 4.14. The number of amides is 1. The van der Waals surface area contributed by atoms with Crippen LogP contribution in [0, 0.1) is 5.41 Å². The number of piperidine rings is 2. The van der Waals surface area contributed by atoms with Crippen LogP contribution in [-0.4, -0.2) is 42.8 Å². The number of hydrogen-bond acceptors (Lipinski definition) is 3. The van der Waals surface area contributed by atoms with Gasteiger partial charge in [0.2, 0.25) is 0 Å². The maximum atomic E-state index is 12.0. The molecule has 2 aliphatic rings. The van der Waals surface area contributed by atoms with E-state index < -0.39 is 0 Å². The first-order valence-electron chi connectivity index (χ1n) is 7.09. The number of nitrogens with one attached hydrogen (secondary N) is 1. The van der Waals surface area contributed by atoms with Gasteiger partial charge in [0, 0.05) is 13.1 Å². The minimum atomic E-state index is -0.388. The van der Waals surface area contributed by atoms with Gasteiger partial charge in [-0.05, 0) is 65.0 Å². The predicted molar refractivity (Wildman–Crippen MR) is 78.8 cm³/mol.